The van der Waals surface area contributed by atoms with E-state index in [1.165, 1.54) is 13.0 Å². The number of amides is 1. The Bertz CT molecular complexity index is 812. The molecule has 25 heavy (non-hydrogen) atoms. The molecule has 1 amide bonds. The van der Waals surface area contributed by atoms with Gasteiger partial charge in [-0.25, -0.2) is 9.78 Å². The van der Waals surface area contributed by atoms with Crippen molar-refractivity contribution in [2.75, 3.05) is 17.7 Å². The minimum absolute atomic E-state index is 0.247. The van der Waals surface area contributed by atoms with Crippen molar-refractivity contribution >= 4 is 46.6 Å². The number of benzene rings is 1. The van der Waals surface area contributed by atoms with Crippen molar-refractivity contribution in [2.24, 2.45) is 0 Å². The predicted octanol–water partition coefficient (Wildman–Crippen LogP) is 3.92. The number of aromatic nitrogens is 1. The van der Waals surface area contributed by atoms with E-state index in [4.69, 9.17) is 27.9 Å². The van der Waals surface area contributed by atoms with Crippen molar-refractivity contribution in [3.8, 4) is 0 Å². The van der Waals surface area contributed by atoms with Gasteiger partial charge in [-0.2, -0.15) is 0 Å². The van der Waals surface area contributed by atoms with Crippen LogP contribution in [0.25, 0.3) is 0 Å². The van der Waals surface area contributed by atoms with Crippen LogP contribution in [0.5, 0.6) is 0 Å². The van der Waals surface area contributed by atoms with Gasteiger partial charge in [0.1, 0.15) is 11.4 Å². The Kier molecular flexibility index (Phi) is 6.22. The first kappa shape index (κ1) is 19.0. The Hall–Kier alpha value is -2.31. The van der Waals surface area contributed by atoms with Crippen molar-refractivity contribution in [1.82, 2.24) is 4.98 Å². The number of anilines is 2. The number of ether oxygens (including phenoxy) is 1. The number of rotatable bonds is 5. The van der Waals surface area contributed by atoms with Gasteiger partial charge in [-0.15, -0.1) is 0 Å². The molecule has 0 fully saturated rings. The van der Waals surface area contributed by atoms with E-state index in [-0.39, 0.29) is 5.56 Å². The zero-order chi connectivity index (χ0) is 18.6. The van der Waals surface area contributed by atoms with Crippen LogP contribution in [0.4, 0.5) is 11.5 Å². The maximum absolute atomic E-state index is 12.3. The van der Waals surface area contributed by atoms with E-state index >= 15 is 0 Å². The standard InChI is InChI=1S/C17H17Cl2N3O3/c1-9-4-6-12(15(20-3)21-9)17(24)25-10(2)16(23)22-14-7-5-11(18)8-13(14)19/h4-8,10H,1-3H3,(H,20,21)(H,22,23)/t10-/m0/s1. The highest BCUT2D eigenvalue weighted by Crippen LogP contribution is 2.25. The number of hydrogen-bond acceptors (Lipinski definition) is 5. The van der Waals surface area contributed by atoms with Crippen molar-refractivity contribution < 1.29 is 14.3 Å². The zero-order valence-corrected chi connectivity index (χ0v) is 15.4. The molecule has 0 saturated heterocycles. The summed E-state index contributed by atoms with van der Waals surface area (Å²) in [5, 5.41) is 6.17. The number of halogens is 2. The Labute approximate surface area is 155 Å². The Morgan fingerprint density at radius 3 is 2.56 bits per heavy atom. The minimum Gasteiger partial charge on any atom is -0.449 e. The maximum atomic E-state index is 12.3. The third-order valence-corrected chi connectivity index (χ3v) is 3.88. The zero-order valence-electron chi connectivity index (χ0n) is 13.9. The van der Waals surface area contributed by atoms with Crippen molar-refractivity contribution in [3.63, 3.8) is 0 Å². The molecule has 1 aromatic carbocycles. The fraction of sp³-hybridized carbons (Fsp3) is 0.235. The largest absolute Gasteiger partial charge is 0.449 e. The van der Waals surface area contributed by atoms with Crippen LogP contribution in [0.3, 0.4) is 0 Å². The van der Waals surface area contributed by atoms with E-state index < -0.39 is 18.0 Å². The maximum Gasteiger partial charge on any atom is 0.342 e. The Balaban J connectivity index is 2.07. The Morgan fingerprint density at radius 2 is 1.92 bits per heavy atom. The van der Waals surface area contributed by atoms with E-state index in [0.29, 0.717) is 21.6 Å². The van der Waals surface area contributed by atoms with Crippen LogP contribution in [0.2, 0.25) is 10.0 Å². The van der Waals surface area contributed by atoms with Gasteiger partial charge < -0.3 is 15.4 Å². The van der Waals surface area contributed by atoms with Gasteiger partial charge in [-0.05, 0) is 44.2 Å². The van der Waals surface area contributed by atoms with E-state index in [1.807, 2.05) is 6.92 Å². The lowest BCUT2D eigenvalue weighted by Crippen LogP contribution is -2.30. The number of carbonyl (C=O) groups excluding carboxylic acids is 2. The summed E-state index contributed by atoms with van der Waals surface area (Å²) in [6.45, 7) is 3.28. The summed E-state index contributed by atoms with van der Waals surface area (Å²) in [6.07, 6.45) is -1.02. The van der Waals surface area contributed by atoms with Crippen LogP contribution in [-0.4, -0.2) is 30.0 Å². The van der Waals surface area contributed by atoms with Crippen LogP contribution in [0.1, 0.15) is 23.0 Å². The molecule has 132 valence electrons. The van der Waals surface area contributed by atoms with Crippen LogP contribution < -0.4 is 10.6 Å². The van der Waals surface area contributed by atoms with Gasteiger partial charge in [0.2, 0.25) is 0 Å². The number of hydrogen-bond donors (Lipinski definition) is 2. The second-order valence-corrected chi connectivity index (χ2v) is 6.10. The molecule has 2 rings (SSSR count). The molecule has 2 aromatic rings. The lowest BCUT2D eigenvalue weighted by Gasteiger charge is -2.15. The summed E-state index contributed by atoms with van der Waals surface area (Å²) in [7, 11) is 1.65. The molecule has 1 atom stereocenters. The summed E-state index contributed by atoms with van der Waals surface area (Å²) < 4.78 is 5.22. The first-order chi connectivity index (χ1) is 11.8. The highest BCUT2D eigenvalue weighted by atomic mass is 35.5. The molecule has 0 radical (unpaired) electrons. The number of nitrogens with one attached hydrogen (secondary N) is 2. The predicted molar refractivity (Wildman–Crippen MR) is 98.5 cm³/mol. The molecule has 2 N–H and O–H groups in total. The molecule has 0 spiro atoms. The molecule has 0 aliphatic heterocycles. The van der Waals surface area contributed by atoms with Crippen molar-refractivity contribution in [1.29, 1.82) is 0 Å². The summed E-state index contributed by atoms with van der Waals surface area (Å²) in [5.41, 5.74) is 1.38. The fourth-order valence-corrected chi connectivity index (χ4v) is 2.47. The van der Waals surface area contributed by atoms with Crippen molar-refractivity contribution in [2.45, 2.75) is 20.0 Å². The quantitative estimate of drug-likeness (QED) is 0.767. The summed E-state index contributed by atoms with van der Waals surface area (Å²) in [4.78, 5) is 28.7. The van der Waals surface area contributed by atoms with Gasteiger partial charge in [0, 0.05) is 17.8 Å². The van der Waals surface area contributed by atoms with Crippen LogP contribution in [-0.2, 0) is 9.53 Å². The van der Waals surface area contributed by atoms with E-state index in [1.54, 1.807) is 31.3 Å². The number of nitrogens with zero attached hydrogens (tertiary/aromatic N) is 1. The lowest BCUT2D eigenvalue weighted by molar-refractivity contribution is -0.123. The fourth-order valence-electron chi connectivity index (χ4n) is 2.01. The molecule has 8 heteroatoms. The van der Waals surface area contributed by atoms with Gasteiger partial charge >= 0.3 is 5.97 Å². The van der Waals surface area contributed by atoms with E-state index in [0.717, 1.165) is 5.69 Å². The normalized spacial score (nSPS) is 11.6. The van der Waals surface area contributed by atoms with Crippen LogP contribution in [0, 0.1) is 6.92 Å². The summed E-state index contributed by atoms with van der Waals surface area (Å²) in [5.74, 6) is -0.774. The highest BCUT2D eigenvalue weighted by Gasteiger charge is 2.22. The second-order valence-electron chi connectivity index (χ2n) is 5.26. The van der Waals surface area contributed by atoms with Gasteiger partial charge in [0.05, 0.1) is 10.7 Å². The third-order valence-electron chi connectivity index (χ3n) is 3.33. The molecule has 0 aliphatic carbocycles. The topological polar surface area (TPSA) is 80.3 Å². The second kappa shape index (κ2) is 8.18. The molecule has 0 bridgehead atoms. The first-order valence-corrected chi connectivity index (χ1v) is 8.19. The summed E-state index contributed by atoms with van der Waals surface area (Å²) >= 11 is 11.8. The highest BCUT2D eigenvalue weighted by molar-refractivity contribution is 6.36. The SMILES string of the molecule is CNc1nc(C)ccc1C(=O)O[C@@H](C)C(=O)Nc1ccc(Cl)cc1Cl. The average Bonchev–Trinajstić information content (AvgIpc) is 2.56. The molecular weight excluding hydrogens is 365 g/mol. The molecule has 6 nitrogen and oxygen atoms in total. The van der Waals surface area contributed by atoms with Gasteiger partial charge in [-0.1, -0.05) is 23.2 Å². The number of pyridine rings is 1. The molecule has 1 heterocycles. The smallest absolute Gasteiger partial charge is 0.342 e. The lowest BCUT2D eigenvalue weighted by atomic mass is 10.2. The van der Waals surface area contributed by atoms with E-state index in [9.17, 15) is 9.59 Å². The molecular formula is C17H17Cl2N3O3. The van der Waals surface area contributed by atoms with Crippen molar-refractivity contribution in [3.05, 3.63) is 51.6 Å². The molecule has 0 aliphatic rings. The van der Waals surface area contributed by atoms with Gasteiger partial charge in [0.15, 0.2) is 6.10 Å². The van der Waals surface area contributed by atoms with E-state index in [2.05, 4.69) is 15.6 Å². The Morgan fingerprint density at radius 1 is 1.20 bits per heavy atom. The summed E-state index contributed by atoms with van der Waals surface area (Å²) in [6, 6.07) is 7.95. The van der Waals surface area contributed by atoms with Gasteiger partial charge in [-0.3, -0.25) is 4.79 Å². The van der Waals surface area contributed by atoms with Gasteiger partial charge in [0.25, 0.3) is 5.91 Å². The minimum atomic E-state index is -1.02. The molecule has 0 unspecified atom stereocenters. The third kappa shape index (κ3) is 4.84. The monoisotopic (exact) mass is 381 g/mol. The van der Waals surface area contributed by atoms with Crippen LogP contribution >= 0.6 is 23.2 Å². The number of carbonyl (C=O) groups is 2. The number of esters is 1. The molecule has 1 aromatic heterocycles. The van der Waals surface area contributed by atoms with Crippen LogP contribution in [0.15, 0.2) is 30.3 Å². The number of aryl methyl sites for hydroxylation is 1. The molecule has 0 saturated carbocycles. The average molecular weight is 382 g/mol. The first-order valence-electron chi connectivity index (χ1n) is 7.44.